The molecule has 2 aromatic carbocycles. The third-order valence-corrected chi connectivity index (χ3v) is 3.46. The first-order valence-corrected chi connectivity index (χ1v) is 7.42. The van der Waals surface area contributed by atoms with E-state index in [4.69, 9.17) is 11.6 Å². The summed E-state index contributed by atoms with van der Waals surface area (Å²) in [6.45, 7) is 3.64. The average molecular weight is 303 g/mol. The zero-order valence-corrected chi connectivity index (χ0v) is 12.8. The number of nitrogens with zero attached hydrogens (tertiary/aromatic N) is 1. The van der Waals surface area contributed by atoms with Crippen LogP contribution in [0.2, 0.25) is 5.02 Å². The Labute approximate surface area is 130 Å². The molecule has 0 spiro atoms. The third kappa shape index (κ3) is 4.80. The lowest BCUT2D eigenvalue weighted by molar-refractivity contribution is -0.116. The van der Waals surface area contributed by atoms with Gasteiger partial charge in [-0.1, -0.05) is 35.9 Å². The van der Waals surface area contributed by atoms with Crippen LogP contribution in [0.4, 0.5) is 11.4 Å². The number of hydrogen-bond acceptors (Lipinski definition) is 2. The Hall–Kier alpha value is -2.00. The van der Waals surface area contributed by atoms with E-state index < -0.39 is 0 Å². The van der Waals surface area contributed by atoms with Crippen LogP contribution in [0.3, 0.4) is 0 Å². The van der Waals surface area contributed by atoms with Gasteiger partial charge in [0.15, 0.2) is 0 Å². The van der Waals surface area contributed by atoms with E-state index in [1.54, 1.807) is 12.1 Å². The summed E-state index contributed by atoms with van der Waals surface area (Å²) in [5.74, 6) is -0.00773. The van der Waals surface area contributed by atoms with Crippen molar-refractivity contribution in [1.29, 1.82) is 0 Å². The van der Waals surface area contributed by atoms with Crippen LogP contribution in [-0.2, 0) is 4.79 Å². The maximum Gasteiger partial charge on any atom is 0.226 e. The number of carbonyl (C=O) groups is 1. The van der Waals surface area contributed by atoms with Gasteiger partial charge in [0.25, 0.3) is 0 Å². The normalized spacial score (nSPS) is 10.2. The van der Waals surface area contributed by atoms with Crippen LogP contribution in [0, 0.1) is 0 Å². The molecule has 0 heterocycles. The molecule has 0 fully saturated rings. The molecule has 3 nitrogen and oxygen atoms in total. The van der Waals surface area contributed by atoms with Gasteiger partial charge in [0.1, 0.15) is 0 Å². The minimum Gasteiger partial charge on any atom is -0.371 e. The van der Waals surface area contributed by atoms with Crippen LogP contribution in [0.5, 0.6) is 0 Å². The fraction of sp³-hybridized carbons (Fsp3) is 0.235. The fourth-order valence-corrected chi connectivity index (χ4v) is 2.33. The Morgan fingerprint density at radius 3 is 2.57 bits per heavy atom. The predicted octanol–water partition coefficient (Wildman–Crippen LogP) is 4.20. The first-order valence-electron chi connectivity index (χ1n) is 7.04. The fourth-order valence-electron chi connectivity index (χ4n) is 2.13. The van der Waals surface area contributed by atoms with E-state index >= 15 is 0 Å². The van der Waals surface area contributed by atoms with Gasteiger partial charge in [0.05, 0.1) is 0 Å². The number of para-hydroxylation sites is 1. The predicted molar refractivity (Wildman–Crippen MR) is 89.0 cm³/mol. The molecule has 0 unspecified atom stereocenters. The van der Waals surface area contributed by atoms with Crippen LogP contribution >= 0.6 is 11.6 Å². The lowest BCUT2D eigenvalue weighted by Gasteiger charge is -2.22. The Balaban J connectivity index is 1.88. The van der Waals surface area contributed by atoms with Crippen LogP contribution < -0.4 is 10.2 Å². The molecule has 1 N–H and O–H groups in total. The third-order valence-electron chi connectivity index (χ3n) is 3.22. The van der Waals surface area contributed by atoms with Crippen molar-refractivity contribution >= 4 is 28.9 Å². The minimum absolute atomic E-state index is 0.00773. The van der Waals surface area contributed by atoms with E-state index in [1.807, 2.05) is 30.3 Å². The summed E-state index contributed by atoms with van der Waals surface area (Å²) in [5.41, 5.74) is 1.87. The molecule has 0 atom stereocenters. The first-order chi connectivity index (χ1) is 10.2. The molecule has 0 saturated carbocycles. The van der Waals surface area contributed by atoms with Crippen molar-refractivity contribution < 1.29 is 4.79 Å². The van der Waals surface area contributed by atoms with Crippen molar-refractivity contribution in [1.82, 2.24) is 0 Å². The Morgan fingerprint density at radius 2 is 1.90 bits per heavy atom. The summed E-state index contributed by atoms with van der Waals surface area (Å²) in [7, 11) is 0. The number of benzene rings is 2. The zero-order chi connectivity index (χ0) is 15.1. The van der Waals surface area contributed by atoms with Crippen LogP contribution in [0.25, 0.3) is 0 Å². The Morgan fingerprint density at radius 1 is 1.14 bits per heavy atom. The first kappa shape index (κ1) is 15.4. The summed E-state index contributed by atoms with van der Waals surface area (Å²) >= 11 is 5.90. The highest BCUT2D eigenvalue weighted by molar-refractivity contribution is 6.30. The standard InChI is InChI=1S/C17H19ClN2O/c1-2-20(16-9-4-3-5-10-16)12-11-17(21)19-15-8-6-7-14(18)13-15/h3-10,13H,2,11-12H2,1H3,(H,19,21). The number of carbonyl (C=O) groups excluding carboxylic acids is 1. The number of hydrogen-bond donors (Lipinski definition) is 1. The summed E-state index contributed by atoms with van der Waals surface area (Å²) in [5, 5.41) is 3.48. The number of amides is 1. The topological polar surface area (TPSA) is 32.3 Å². The van der Waals surface area contributed by atoms with Gasteiger partial charge in [-0.15, -0.1) is 0 Å². The van der Waals surface area contributed by atoms with Gasteiger partial charge in [-0.05, 0) is 37.3 Å². The highest BCUT2D eigenvalue weighted by atomic mass is 35.5. The molecule has 0 aliphatic rings. The maximum atomic E-state index is 12.0. The van der Waals surface area contributed by atoms with E-state index in [0.717, 1.165) is 17.9 Å². The molecular weight excluding hydrogens is 284 g/mol. The number of anilines is 2. The maximum absolute atomic E-state index is 12.0. The summed E-state index contributed by atoms with van der Waals surface area (Å²) in [4.78, 5) is 14.2. The van der Waals surface area contributed by atoms with Gasteiger partial charge in [-0.2, -0.15) is 0 Å². The number of halogens is 1. The second-order valence-corrected chi connectivity index (χ2v) is 5.16. The molecule has 0 aliphatic carbocycles. The van der Waals surface area contributed by atoms with Gasteiger partial charge < -0.3 is 10.2 Å². The summed E-state index contributed by atoms with van der Waals surface area (Å²) in [6.07, 6.45) is 0.440. The van der Waals surface area contributed by atoms with E-state index in [1.165, 1.54) is 0 Å². The highest BCUT2D eigenvalue weighted by Gasteiger charge is 2.08. The summed E-state index contributed by atoms with van der Waals surface area (Å²) in [6, 6.07) is 17.3. The Kier molecular flexibility index (Phi) is 5.64. The molecule has 2 aromatic rings. The van der Waals surface area contributed by atoms with E-state index in [-0.39, 0.29) is 5.91 Å². The van der Waals surface area contributed by atoms with Crippen LogP contribution in [-0.4, -0.2) is 19.0 Å². The van der Waals surface area contributed by atoms with Gasteiger partial charge in [-0.3, -0.25) is 4.79 Å². The molecule has 0 aliphatic heterocycles. The number of rotatable bonds is 6. The monoisotopic (exact) mass is 302 g/mol. The smallest absolute Gasteiger partial charge is 0.226 e. The molecule has 4 heteroatoms. The molecule has 1 amide bonds. The molecule has 0 saturated heterocycles. The van der Waals surface area contributed by atoms with Crippen molar-refractivity contribution in [3.8, 4) is 0 Å². The van der Waals surface area contributed by atoms with Gasteiger partial charge in [-0.25, -0.2) is 0 Å². The van der Waals surface area contributed by atoms with Crippen molar-refractivity contribution in [3.05, 3.63) is 59.6 Å². The van der Waals surface area contributed by atoms with E-state index in [9.17, 15) is 4.79 Å². The molecule has 0 radical (unpaired) electrons. The quantitative estimate of drug-likeness (QED) is 0.867. The molecule has 21 heavy (non-hydrogen) atoms. The Bertz CT molecular complexity index is 586. The largest absolute Gasteiger partial charge is 0.371 e. The second-order valence-electron chi connectivity index (χ2n) is 4.72. The van der Waals surface area contributed by atoms with E-state index in [2.05, 4.69) is 29.3 Å². The van der Waals surface area contributed by atoms with Gasteiger partial charge >= 0.3 is 0 Å². The molecule has 0 aromatic heterocycles. The van der Waals surface area contributed by atoms with Crippen molar-refractivity contribution in [3.63, 3.8) is 0 Å². The van der Waals surface area contributed by atoms with E-state index in [0.29, 0.717) is 18.0 Å². The van der Waals surface area contributed by atoms with Gasteiger partial charge in [0, 0.05) is 35.9 Å². The lowest BCUT2D eigenvalue weighted by Crippen LogP contribution is -2.27. The zero-order valence-electron chi connectivity index (χ0n) is 12.1. The van der Waals surface area contributed by atoms with Crippen molar-refractivity contribution in [2.75, 3.05) is 23.3 Å². The van der Waals surface area contributed by atoms with Crippen LogP contribution in [0.15, 0.2) is 54.6 Å². The lowest BCUT2D eigenvalue weighted by atomic mass is 10.2. The summed E-state index contributed by atoms with van der Waals surface area (Å²) < 4.78 is 0. The van der Waals surface area contributed by atoms with Crippen LogP contribution in [0.1, 0.15) is 13.3 Å². The molecule has 0 bridgehead atoms. The highest BCUT2D eigenvalue weighted by Crippen LogP contribution is 2.16. The molecule has 110 valence electrons. The molecular formula is C17H19ClN2O. The number of nitrogens with one attached hydrogen (secondary N) is 1. The molecule has 2 rings (SSSR count). The van der Waals surface area contributed by atoms with Gasteiger partial charge in [0.2, 0.25) is 5.91 Å². The average Bonchev–Trinajstić information content (AvgIpc) is 2.49. The SMILES string of the molecule is CCN(CCC(=O)Nc1cccc(Cl)c1)c1ccccc1. The van der Waals surface area contributed by atoms with Crippen molar-refractivity contribution in [2.24, 2.45) is 0 Å². The minimum atomic E-state index is -0.00773. The van der Waals surface area contributed by atoms with Crippen molar-refractivity contribution in [2.45, 2.75) is 13.3 Å². The second kappa shape index (κ2) is 7.70.